The van der Waals surface area contributed by atoms with Crippen LogP contribution in [0.5, 0.6) is 0 Å². The van der Waals surface area contributed by atoms with E-state index in [1.807, 2.05) is 0 Å². The maximum absolute atomic E-state index is 11.0. The van der Waals surface area contributed by atoms with Gasteiger partial charge in [-0.15, -0.1) is 0 Å². The van der Waals surface area contributed by atoms with E-state index in [0.717, 1.165) is 12.8 Å². The highest BCUT2D eigenvalue weighted by Gasteiger charge is 2.33. The van der Waals surface area contributed by atoms with Crippen LogP contribution in [0.15, 0.2) is 0 Å². The minimum atomic E-state index is 0.176. The van der Waals surface area contributed by atoms with Gasteiger partial charge in [-0.25, -0.2) is 0 Å². The highest BCUT2D eigenvalue weighted by Crippen LogP contribution is 2.40. The van der Waals surface area contributed by atoms with Gasteiger partial charge < -0.3 is 0 Å². The molecule has 0 spiro atoms. The highest BCUT2D eigenvalue weighted by molar-refractivity contribution is 8.14. The molecule has 0 aromatic heterocycles. The lowest BCUT2D eigenvalue weighted by Gasteiger charge is -2.34. The van der Waals surface area contributed by atoms with Gasteiger partial charge in [-0.3, -0.25) is 4.79 Å². The van der Waals surface area contributed by atoms with Gasteiger partial charge in [-0.05, 0) is 26.2 Å². The lowest BCUT2D eigenvalue weighted by Crippen LogP contribution is -2.31. The van der Waals surface area contributed by atoms with E-state index in [9.17, 15) is 4.79 Å². The third kappa shape index (κ3) is 1.54. The SMILES string of the molecule is CC1CCC(=O)SC1(C)C. The minimum Gasteiger partial charge on any atom is -0.287 e. The van der Waals surface area contributed by atoms with Gasteiger partial charge in [-0.1, -0.05) is 18.7 Å². The summed E-state index contributed by atoms with van der Waals surface area (Å²) < 4.78 is 0.176. The Kier molecular flexibility index (Phi) is 2.09. The summed E-state index contributed by atoms with van der Waals surface area (Å²) in [6, 6.07) is 0. The van der Waals surface area contributed by atoms with Crippen LogP contribution < -0.4 is 0 Å². The molecule has 0 amide bonds. The molecule has 1 nitrogen and oxygen atoms in total. The Bertz CT molecular complexity index is 151. The van der Waals surface area contributed by atoms with Crippen molar-refractivity contribution in [2.45, 2.75) is 38.4 Å². The van der Waals surface area contributed by atoms with Crippen LogP contribution in [0.2, 0.25) is 0 Å². The van der Waals surface area contributed by atoms with Crippen LogP contribution in [-0.4, -0.2) is 9.86 Å². The molecule has 0 N–H and O–H groups in total. The van der Waals surface area contributed by atoms with E-state index < -0.39 is 0 Å². The maximum atomic E-state index is 11.0. The van der Waals surface area contributed by atoms with Gasteiger partial charge >= 0.3 is 0 Å². The first-order valence-electron chi connectivity index (χ1n) is 3.74. The third-order valence-corrected chi connectivity index (χ3v) is 3.71. The largest absolute Gasteiger partial charge is 0.287 e. The molecule has 0 aromatic carbocycles. The predicted octanol–water partition coefficient (Wildman–Crippen LogP) is 2.45. The van der Waals surface area contributed by atoms with Gasteiger partial charge in [0.15, 0.2) is 5.12 Å². The summed E-state index contributed by atoms with van der Waals surface area (Å²) in [7, 11) is 0. The predicted molar refractivity (Wildman–Crippen MR) is 45.1 cm³/mol. The van der Waals surface area contributed by atoms with Crippen LogP contribution >= 0.6 is 11.8 Å². The second-order valence-electron chi connectivity index (χ2n) is 3.52. The molecule has 1 heterocycles. The van der Waals surface area contributed by atoms with Crippen LogP contribution in [0.4, 0.5) is 0 Å². The molecule has 0 radical (unpaired) electrons. The summed E-state index contributed by atoms with van der Waals surface area (Å²) in [6.45, 7) is 6.53. The molecule has 2 heteroatoms. The number of hydrogen-bond donors (Lipinski definition) is 0. The van der Waals surface area contributed by atoms with E-state index in [4.69, 9.17) is 0 Å². The molecule has 1 rings (SSSR count). The van der Waals surface area contributed by atoms with Gasteiger partial charge in [0.05, 0.1) is 0 Å². The molecule has 10 heavy (non-hydrogen) atoms. The first-order valence-corrected chi connectivity index (χ1v) is 4.56. The van der Waals surface area contributed by atoms with Crippen LogP contribution in [0.1, 0.15) is 33.6 Å². The lowest BCUT2D eigenvalue weighted by atomic mass is 9.92. The molecule has 1 atom stereocenters. The Morgan fingerprint density at radius 1 is 1.60 bits per heavy atom. The second kappa shape index (κ2) is 2.57. The first kappa shape index (κ1) is 8.12. The number of thioether (sulfide) groups is 1. The molecule has 1 aliphatic rings. The third-order valence-electron chi connectivity index (χ3n) is 2.35. The van der Waals surface area contributed by atoms with Crippen LogP contribution in [0.3, 0.4) is 0 Å². The lowest BCUT2D eigenvalue weighted by molar-refractivity contribution is -0.111. The van der Waals surface area contributed by atoms with E-state index in [-0.39, 0.29) is 4.75 Å². The average molecular weight is 158 g/mol. The van der Waals surface area contributed by atoms with Gasteiger partial charge in [-0.2, -0.15) is 0 Å². The monoisotopic (exact) mass is 158 g/mol. The molecular weight excluding hydrogens is 144 g/mol. The van der Waals surface area contributed by atoms with Crippen molar-refractivity contribution in [3.8, 4) is 0 Å². The molecule has 1 aliphatic heterocycles. The molecular formula is C8H14OS. The number of carbonyl (C=O) groups excluding carboxylic acids is 1. The first-order chi connectivity index (χ1) is 4.52. The molecule has 0 saturated carbocycles. The Morgan fingerprint density at radius 2 is 2.20 bits per heavy atom. The van der Waals surface area contributed by atoms with E-state index in [1.165, 1.54) is 11.8 Å². The van der Waals surface area contributed by atoms with Gasteiger partial charge in [0, 0.05) is 11.2 Å². The molecule has 1 saturated heterocycles. The van der Waals surface area contributed by atoms with Crippen molar-refractivity contribution in [2.24, 2.45) is 5.92 Å². The number of rotatable bonds is 0. The van der Waals surface area contributed by atoms with Crippen LogP contribution in [0, 0.1) is 5.92 Å². The Morgan fingerprint density at radius 3 is 2.60 bits per heavy atom. The minimum absolute atomic E-state index is 0.176. The Hall–Kier alpha value is 0.0200. The molecule has 58 valence electrons. The van der Waals surface area contributed by atoms with Crippen LogP contribution in [-0.2, 0) is 4.79 Å². The smallest absolute Gasteiger partial charge is 0.189 e. The molecule has 0 aliphatic carbocycles. The van der Waals surface area contributed by atoms with Crippen molar-refractivity contribution in [1.82, 2.24) is 0 Å². The van der Waals surface area contributed by atoms with E-state index in [0.29, 0.717) is 11.0 Å². The normalized spacial score (nSPS) is 32.3. The molecule has 1 unspecified atom stereocenters. The van der Waals surface area contributed by atoms with Gasteiger partial charge in [0.2, 0.25) is 0 Å². The quantitative estimate of drug-likeness (QED) is 0.538. The molecule has 0 aromatic rings. The van der Waals surface area contributed by atoms with E-state index >= 15 is 0 Å². The molecule has 0 bridgehead atoms. The van der Waals surface area contributed by atoms with Gasteiger partial charge in [0.25, 0.3) is 0 Å². The second-order valence-corrected chi connectivity index (χ2v) is 5.23. The highest BCUT2D eigenvalue weighted by atomic mass is 32.2. The van der Waals surface area contributed by atoms with Crippen molar-refractivity contribution in [3.63, 3.8) is 0 Å². The Balaban J connectivity index is 2.63. The fourth-order valence-corrected chi connectivity index (χ4v) is 2.25. The zero-order valence-electron chi connectivity index (χ0n) is 6.81. The van der Waals surface area contributed by atoms with Gasteiger partial charge in [0.1, 0.15) is 0 Å². The van der Waals surface area contributed by atoms with Crippen LogP contribution in [0.25, 0.3) is 0 Å². The maximum Gasteiger partial charge on any atom is 0.189 e. The molecule has 1 fully saturated rings. The van der Waals surface area contributed by atoms with Crippen molar-refractivity contribution in [1.29, 1.82) is 0 Å². The number of carbonyl (C=O) groups is 1. The van der Waals surface area contributed by atoms with E-state index in [1.54, 1.807) is 0 Å². The van der Waals surface area contributed by atoms with Crippen molar-refractivity contribution < 1.29 is 4.79 Å². The zero-order chi connectivity index (χ0) is 7.78. The standard InChI is InChI=1S/C8H14OS/c1-6-4-5-7(9)10-8(6,2)3/h6H,4-5H2,1-3H3. The Labute approximate surface area is 66.6 Å². The average Bonchev–Trinajstić information content (AvgIpc) is 1.78. The van der Waals surface area contributed by atoms with Crippen molar-refractivity contribution in [3.05, 3.63) is 0 Å². The summed E-state index contributed by atoms with van der Waals surface area (Å²) in [5, 5.41) is 0.364. The summed E-state index contributed by atoms with van der Waals surface area (Å²) in [5.74, 6) is 0.676. The number of hydrogen-bond acceptors (Lipinski definition) is 2. The summed E-state index contributed by atoms with van der Waals surface area (Å²) in [6.07, 6.45) is 1.84. The summed E-state index contributed by atoms with van der Waals surface area (Å²) >= 11 is 1.51. The summed E-state index contributed by atoms with van der Waals surface area (Å²) in [5.41, 5.74) is 0. The van der Waals surface area contributed by atoms with E-state index in [2.05, 4.69) is 20.8 Å². The topological polar surface area (TPSA) is 17.1 Å². The fourth-order valence-electron chi connectivity index (χ4n) is 1.13. The van der Waals surface area contributed by atoms with Crippen molar-refractivity contribution >= 4 is 16.9 Å². The van der Waals surface area contributed by atoms with Crippen molar-refractivity contribution in [2.75, 3.05) is 0 Å². The zero-order valence-corrected chi connectivity index (χ0v) is 7.62. The summed E-state index contributed by atoms with van der Waals surface area (Å²) in [4.78, 5) is 11.0. The fraction of sp³-hybridized carbons (Fsp3) is 0.875.